The van der Waals surface area contributed by atoms with Crippen LogP contribution in [0.15, 0.2) is 66.9 Å². The molecular weight excluding hydrogens is 376 g/mol. The molecule has 1 N–H and O–H groups in total. The van der Waals surface area contributed by atoms with Crippen LogP contribution in [0.4, 0.5) is 0 Å². The van der Waals surface area contributed by atoms with Crippen LogP contribution in [-0.4, -0.2) is 45.9 Å². The first-order valence-corrected chi connectivity index (χ1v) is 10.4. The van der Waals surface area contributed by atoms with Gasteiger partial charge in [-0.05, 0) is 25.0 Å². The van der Waals surface area contributed by atoms with Gasteiger partial charge >= 0.3 is 0 Å². The molecule has 1 aliphatic carbocycles. The number of hydrogen-bond donors (Lipinski definition) is 1. The Morgan fingerprint density at radius 2 is 1.67 bits per heavy atom. The van der Waals surface area contributed by atoms with E-state index in [0.717, 1.165) is 36.9 Å². The second-order valence-electron chi connectivity index (χ2n) is 7.57. The third-order valence-electron chi connectivity index (χ3n) is 5.61. The van der Waals surface area contributed by atoms with Crippen molar-refractivity contribution < 1.29 is 9.59 Å². The molecule has 0 bridgehead atoms. The van der Waals surface area contributed by atoms with Gasteiger partial charge in [-0.15, -0.1) is 0 Å². The van der Waals surface area contributed by atoms with Gasteiger partial charge in [0.1, 0.15) is 18.1 Å². The highest BCUT2D eigenvalue weighted by atomic mass is 16.2. The molecule has 1 saturated carbocycles. The molecule has 154 valence electrons. The van der Waals surface area contributed by atoms with E-state index in [9.17, 15) is 9.59 Å². The summed E-state index contributed by atoms with van der Waals surface area (Å²) in [5.41, 5.74) is 2.22. The zero-order valence-corrected chi connectivity index (χ0v) is 17.1. The van der Waals surface area contributed by atoms with Gasteiger partial charge < -0.3 is 10.2 Å². The summed E-state index contributed by atoms with van der Waals surface area (Å²) in [6, 6.07) is 19.8. The Hall–Kier alpha value is -3.41. The topological polar surface area (TPSA) is 67.2 Å². The molecule has 0 atom stereocenters. The fourth-order valence-corrected chi connectivity index (χ4v) is 4.02. The van der Waals surface area contributed by atoms with Gasteiger partial charge in [-0.25, -0.2) is 4.98 Å². The van der Waals surface area contributed by atoms with Crippen LogP contribution in [-0.2, 0) is 4.79 Å². The first-order valence-electron chi connectivity index (χ1n) is 10.4. The summed E-state index contributed by atoms with van der Waals surface area (Å²) < 4.78 is 1.94. The maximum absolute atomic E-state index is 13.5. The summed E-state index contributed by atoms with van der Waals surface area (Å²) in [6.07, 6.45) is 5.79. The summed E-state index contributed by atoms with van der Waals surface area (Å²) in [5, 5.41) is 2.64. The van der Waals surface area contributed by atoms with E-state index in [-0.39, 0.29) is 24.4 Å². The fourth-order valence-electron chi connectivity index (χ4n) is 4.02. The van der Waals surface area contributed by atoms with E-state index in [2.05, 4.69) is 5.32 Å². The number of carbonyl (C=O) groups excluding carboxylic acids is 2. The van der Waals surface area contributed by atoms with Gasteiger partial charge in [0.05, 0.1) is 0 Å². The molecule has 6 heteroatoms. The van der Waals surface area contributed by atoms with Crippen molar-refractivity contribution in [2.24, 2.45) is 0 Å². The van der Waals surface area contributed by atoms with Crippen LogP contribution < -0.4 is 5.32 Å². The van der Waals surface area contributed by atoms with Crippen molar-refractivity contribution in [1.82, 2.24) is 19.8 Å². The highest BCUT2D eigenvalue weighted by molar-refractivity contribution is 5.95. The predicted molar refractivity (Wildman–Crippen MR) is 116 cm³/mol. The molecule has 6 nitrogen and oxygen atoms in total. The molecule has 0 aliphatic heterocycles. The van der Waals surface area contributed by atoms with Crippen LogP contribution >= 0.6 is 0 Å². The Morgan fingerprint density at radius 1 is 1.03 bits per heavy atom. The molecule has 3 aromatic rings. The lowest BCUT2D eigenvalue weighted by atomic mass is 10.2. The largest absolute Gasteiger partial charge is 0.358 e. The number of imidazole rings is 1. The quantitative estimate of drug-likeness (QED) is 0.684. The van der Waals surface area contributed by atoms with Crippen molar-refractivity contribution in [3.8, 4) is 17.1 Å². The van der Waals surface area contributed by atoms with Crippen LogP contribution in [0.3, 0.4) is 0 Å². The van der Waals surface area contributed by atoms with Crippen molar-refractivity contribution in [3.63, 3.8) is 0 Å². The van der Waals surface area contributed by atoms with E-state index in [0.29, 0.717) is 11.5 Å². The standard InChI is InChI=1S/C24H26N4O2/c1-25-22(29)17-28(20-14-8-9-15-20)24(30)21-16-27(19-12-6-3-7-13-19)23(26-21)18-10-4-2-5-11-18/h2-7,10-13,16,20H,8-9,14-15,17H2,1H3,(H,25,29). The number of amides is 2. The summed E-state index contributed by atoms with van der Waals surface area (Å²) >= 11 is 0. The van der Waals surface area contributed by atoms with Crippen LogP contribution in [0.2, 0.25) is 0 Å². The molecule has 0 unspecified atom stereocenters. The smallest absolute Gasteiger partial charge is 0.274 e. The molecule has 0 saturated heterocycles. The molecule has 4 rings (SSSR count). The second kappa shape index (κ2) is 8.95. The number of nitrogens with zero attached hydrogens (tertiary/aromatic N) is 3. The Kier molecular flexibility index (Phi) is 5.93. The molecule has 0 spiro atoms. The van der Waals surface area contributed by atoms with Crippen LogP contribution in [0, 0.1) is 0 Å². The number of para-hydroxylation sites is 1. The molecule has 30 heavy (non-hydrogen) atoms. The maximum atomic E-state index is 13.5. The minimum Gasteiger partial charge on any atom is -0.358 e. The van der Waals surface area contributed by atoms with Crippen LogP contribution in [0.25, 0.3) is 17.1 Å². The molecule has 1 aromatic heterocycles. The normalized spacial score (nSPS) is 13.9. The molecule has 1 aliphatic rings. The van der Waals surface area contributed by atoms with Crippen LogP contribution in [0.1, 0.15) is 36.2 Å². The number of aromatic nitrogens is 2. The SMILES string of the molecule is CNC(=O)CN(C(=O)c1cn(-c2ccccc2)c(-c2ccccc2)n1)C1CCCC1. The first-order chi connectivity index (χ1) is 14.7. The monoisotopic (exact) mass is 402 g/mol. The van der Waals surface area contributed by atoms with Crippen LogP contribution in [0.5, 0.6) is 0 Å². The minimum absolute atomic E-state index is 0.0544. The lowest BCUT2D eigenvalue weighted by molar-refractivity contribution is -0.121. The third kappa shape index (κ3) is 4.13. The zero-order valence-electron chi connectivity index (χ0n) is 17.1. The Morgan fingerprint density at radius 3 is 2.30 bits per heavy atom. The van der Waals surface area contributed by atoms with E-state index < -0.39 is 0 Å². The van der Waals surface area contributed by atoms with Gasteiger partial charge in [0, 0.05) is 30.5 Å². The molecular formula is C24H26N4O2. The van der Waals surface area contributed by atoms with Gasteiger partial charge in [0.2, 0.25) is 5.91 Å². The minimum atomic E-state index is -0.197. The van der Waals surface area contributed by atoms with Crippen molar-refractivity contribution in [2.75, 3.05) is 13.6 Å². The average molecular weight is 402 g/mol. The van der Waals surface area contributed by atoms with E-state index >= 15 is 0 Å². The molecule has 2 aromatic carbocycles. The first kappa shape index (κ1) is 19.9. The molecule has 0 radical (unpaired) electrons. The van der Waals surface area contributed by atoms with Crippen molar-refractivity contribution in [2.45, 2.75) is 31.7 Å². The average Bonchev–Trinajstić information content (AvgIpc) is 3.48. The predicted octanol–water partition coefficient (Wildman–Crippen LogP) is 3.67. The lowest BCUT2D eigenvalue weighted by Gasteiger charge is -2.27. The number of hydrogen-bond acceptors (Lipinski definition) is 3. The van der Waals surface area contributed by atoms with E-state index in [4.69, 9.17) is 4.98 Å². The zero-order chi connectivity index (χ0) is 20.9. The number of benzene rings is 2. The second-order valence-corrected chi connectivity index (χ2v) is 7.57. The van der Waals surface area contributed by atoms with Crippen molar-refractivity contribution >= 4 is 11.8 Å². The summed E-state index contributed by atoms with van der Waals surface area (Å²) in [6.45, 7) is 0.0544. The number of carbonyl (C=O) groups is 2. The number of rotatable bonds is 6. The summed E-state index contributed by atoms with van der Waals surface area (Å²) in [7, 11) is 1.59. The van der Waals surface area contributed by atoms with Gasteiger partial charge in [0.15, 0.2) is 0 Å². The number of likely N-dealkylation sites (N-methyl/N-ethyl adjacent to an activating group) is 1. The highest BCUT2D eigenvalue weighted by Crippen LogP contribution is 2.27. The Balaban J connectivity index is 1.75. The third-order valence-corrected chi connectivity index (χ3v) is 5.61. The Labute approximate surface area is 176 Å². The van der Waals surface area contributed by atoms with Crippen molar-refractivity contribution in [3.05, 3.63) is 72.6 Å². The van der Waals surface area contributed by atoms with Gasteiger partial charge in [-0.3, -0.25) is 14.2 Å². The van der Waals surface area contributed by atoms with E-state index in [1.165, 1.54) is 0 Å². The summed E-state index contributed by atoms with van der Waals surface area (Å²) in [4.78, 5) is 32.0. The van der Waals surface area contributed by atoms with Crippen molar-refractivity contribution in [1.29, 1.82) is 0 Å². The molecule has 1 fully saturated rings. The highest BCUT2D eigenvalue weighted by Gasteiger charge is 2.31. The van der Waals surface area contributed by atoms with Gasteiger partial charge in [-0.2, -0.15) is 0 Å². The fraction of sp³-hybridized carbons (Fsp3) is 0.292. The van der Waals surface area contributed by atoms with Gasteiger partial charge in [0.25, 0.3) is 5.91 Å². The maximum Gasteiger partial charge on any atom is 0.274 e. The van der Waals surface area contributed by atoms with E-state index in [1.54, 1.807) is 18.1 Å². The molecule has 1 heterocycles. The number of nitrogens with one attached hydrogen (secondary N) is 1. The molecule has 2 amide bonds. The van der Waals surface area contributed by atoms with Gasteiger partial charge in [-0.1, -0.05) is 61.4 Å². The Bertz CT molecular complexity index is 951. The summed E-state index contributed by atoms with van der Waals surface area (Å²) in [5.74, 6) is 0.342. The lowest BCUT2D eigenvalue weighted by Crippen LogP contribution is -2.45. The van der Waals surface area contributed by atoms with E-state index in [1.807, 2.05) is 65.2 Å².